The summed E-state index contributed by atoms with van der Waals surface area (Å²) in [6.45, 7) is 2.67. The molecule has 1 aromatic carbocycles. The standard InChI is InChI=1S/C12H15FN4/c1-9(10-3-5-11(13)6-4-10)14-7-12-15-8-16-17(12)2/h3-6,8-9,14H,7H2,1-2H3/t9-/m1/s1. The smallest absolute Gasteiger partial charge is 0.140 e. The molecule has 4 nitrogen and oxygen atoms in total. The van der Waals surface area contributed by atoms with Crippen molar-refractivity contribution < 1.29 is 4.39 Å². The molecule has 0 aliphatic heterocycles. The second-order valence-corrected chi connectivity index (χ2v) is 3.95. The van der Waals surface area contributed by atoms with Crippen LogP contribution in [0.25, 0.3) is 0 Å². The minimum Gasteiger partial charge on any atom is -0.303 e. The van der Waals surface area contributed by atoms with Gasteiger partial charge < -0.3 is 5.32 Å². The Morgan fingerprint density at radius 1 is 1.35 bits per heavy atom. The Morgan fingerprint density at radius 2 is 2.06 bits per heavy atom. The first-order valence-electron chi connectivity index (χ1n) is 5.48. The van der Waals surface area contributed by atoms with Crippen LogP contribution in [0.15, 0.2) is 30.6 Å². The molecule has 2 aromatic rings. The second-order valence-electron chi connectivity index (χ2n) is 3.95. The number of aromatic nitrogens is 3. The number of hydrogen-bond donors (Lipinski definition) is 1. The minimum atomic E-state index is -0.214. The van der Waals surface area contributed by atoms with Gasteiger partial charge in [-0.3, -0.25) is 4.68 Å². The second kappa shape index (κ2) is 5.05. The van der Waals surface area contributed by atoms with Gasteiger partial charge in [-0.2, -0.15) is 5.10 Å². The highest BCUT2D eigenvalue weighted by Gasteiger charge is 2.06. The molecule has 17 heavy (non-hydrogen) atoms. The quantitative estimate of drug-likeness (QED) is 0.877. The van der Waals surface area contributed by atoms with E-state index in [0.717, 1.165) is 11.4 Å². The van der Waals surface area contributed by atoms with Gasteiger partial charge >= 0.3 is 0 Å². The lowest BCUT2D eigenvalue weighted by Gasteiger charge is -2.13. The third-order valence-corrected chi connectivity index (χ3v) is 2.74. The van der Waals surface area contributed by atoms with Gasteiger partial charge in [0.1, 0.15) is 18.0 Å². The van der Waals surface area contributed by atoms with Gasteiger partial charge in [0.25, 0.3) is 0 Å². The van der Waals surface area contributed by atoms with E-state index in [2.05, 4.69) is 15.4 Å². The van der Waals surface area contributed by atoms with Crippen LogP contribution in [0.5, 0.6) is 0 Å². The molecule has 1 atom stereocenters. The molecule has 5 heteroatoms. The summed E-state index contributed by atoms with van der Waals surface area (Å²) in [4.78, 5) is 4.12. The summed E-state index contributed by atoms with van der Waals surface area (Å²) in [5.74, 6) is 0.660. The SMILES string of the molecule is C[C@@H](NCc1ncnn1C)c1ccc(F)cc1. The van der Waals surface area contributed by atoms with Crippen molar-refractivity contribution in [3.05, 3.63) is 47.8 Å². The van der Waals surface area contributed by atoms with Crippen LogP contribution in [0.4, 0.5) is 4.39 Å². The van der Waals surface area contributed by atoms with Gasteiger partial charge in [-0.05, 0) is 24.6 Å². The highest BCUT2D eigenvalue weighted by atomic mass is 19.1. The molecular formula is C12H15FN4. The molecule has 0 bridgehead atoms. The number of nitrogens with zero attached hydrogens (tertiary/aromatic N) is 3. The van der Waals surface area contributed by atoms with Crippen molar-refractivity contribution in [3.8, 4) is 0 Å². The lowest BCUT2D eigenvalue weighted by atomic mass is 10.1. The first-order chi connectivity index (χ1) is 8.16. The summed E-state index contributed by atoms with van der Waals surface area (Å²) < 4.78 is 14.5. The van der Waals surface area contributed by atoms with E-state index in [1.807, 2.05) is 14.0 Å². The van der Waals surface area contributed by atoms with E-state index in [1.165, 1.54) is 18.5 Å². The molecule has 90 valence electrons. The first kappa shape index (κ1) is 11.7. The first-order valence-corrected chi connectivity index (χ1v) is 5.48. The fourth-order valence-electron chi connectivity index (χ4n) is 1.59. The van der Waals surface area contributed by atoms with E-state index in [4.69, 9.17) is 0 Å². The fraction of sp³-hybridized carbons (Fsp3) is 0.333. The zero-order chi connectivity index (χ0) is 12.3. The van der Waals surface area contributed by atoms with Gasteiger partial charge in [-0.1, -0.05) is 12.1 Å². The van der Waals surface area contributed by atoms with Crippen LogP contribution < -0.4 is 5.32 Å². The summed E-state index contributed by atoms with van der Waals surface area (Å²) in [6, 6.07) is 6.64. The summed E-state index contributed by atoms with van der Waals surface area (Å²) in [5.41, 5.74) is 1.05. The molecule has 0 radical (unpaired) electrons. The zero-order valence-electron chi connectivity index (χ0n) is 9.89. The molecule has 0 unspecified atom stereocenters. The van der Waals surface area contributed by atoms with Gasteiger partial charge in [0.05, 0.1) is 6.54 Å². The third-order valence-electron chi connectivity index (χ3n) is 2.74. The van der Waals surface area contributed by atoms with Crippen LogP contribution in [-0.4, -0.2) is 14.8 Å². The van der Waals surface area contributed by atoms with Crippen LogP contribution in [-0.2, 0) is 13.6 Å². The predicted octanol–water partition coefficient (Wildman–Crippen LogP) is 1.80. The Hall–Kier alpha value is -1.75. The number of nitrogens with one attached hydrogen (secondary N) is 1. The maximum Gasteiger partial charge on any atom is 0.140 e. The minimum absolute atomic E-state index is 0.146. The van der Waals surface area contributed by atoms with E-state index in [0.29, 0.717) is 6.54 Å². The number of rotatable bonds is 4. The van der Waals surface area contributed by atoms with Crippen LogP contribution in [0, 0.1) is 5.82 Å². The number of halogens is 1. The zero-order valence-corrected chi connectivity index (χ0v) is 9.89. The fourth-order valence-corrected chi connectivity index (χ4v) is 1.59. The highest BCUT2D eigenvalue weighted by molar-refractivity contribution is 5.19. The van der Waals surface area contributed by atoms with E-state index in [-0.39, 0.29) is 11.9 Å². The van der Waals surface area contributed by atoms with Gasteiger partial charge in [0.15, 0.2) is 0 Å². The molecule has 0 aliphatic carbocycles. The van der Waals surface area contributed by atoms with Crippen LogP contribution in [0.2, 0.25) is 0 Å². The van der Waals surface area contributed by atoms with Gasteiger partial charge in [-0.15, -0.1) is 0 Å². The largest absolute Gasteiger partial charge is 0.303 e. The van der Waals surface area contributed by atoms with Crippen molar-refractivity contribution in [1.29, 1.82) is 0 Å². The molecule has 0 saturated heterocycles. The monoisotopic (exact) mass is 234 g/mol. The van der Waals surface area contributed by atoms with Gasteiger partial charge in [0.2, 0.25) is 0 Å². The summed E-state index contributed by atoms with van der Waals surface area (Å²) in [7, 11) is 1.85. The molecular weight excluding hydrogens is 219 g/mol. The van der Waals surface area contributed by atoms with Crippen molar-refractivity contribution in [2.24, 2.45) is 7.05 Å². The highest BCUT2D eigenvalue weighted by Crippen LogP contribution is 2.13. The van der Waals surface area contributed by atoms with Crippen molar-refractivity contribution in [3.63, 3.8) is 0 Å². The topological polar surface area (TPSA) is 42.7 Å². The van der Waals surface area contributed by atoms with Crippen molar-refractivity contribution in [2.75, 3.05) is 0 Å². The van der Waals surface area contributed by atoms with Crippen LogP contribution >= 0.6 is 0 Å². The lowest BCUT2D eigenvalue weighted by molar-refractivity contribution is 0.539. The summed E-state index contributed by atoms with van der Waals surface area (Å²) in [6.07, 6.45) is 1.53. The normalized spacial score (nSPS) is 12.6. The van der Waals surface area contributed by atoms with Crippen LogP contribution in [0.3, 0.4) is 0 Å². The van der Waals surface area contributed by atoms with Crippen LogP contribution in [0.1, 0.15) is 24.4 Å². The van der Waals surface area contributed by atoms with Crippen molar-refractivity contribution >= 4 is 0 Å². The molecule has 1 aromatic heterocycles. The Labute approximate surface area is 99.5 Å². The maximum absolute atomic E-state index is 12.8. The number of hydrogen-bond acceptors (Lipinski definition) is 3. The number of aryl methyl sites for hydroxylation is 1. The molecule has 0 fully saturated rings. The van der Waals surface area contributed by atoms with E-state index in [1.54, 1.807) is 16.8 Å². The summed E-state index contributed by atoms with van der Waals surface area (Å²) >= 11 is 0. The van der Waals surface area contributed by atoms with E-state index < -0.39 is 0 Å². The third kappa shape index (κ3) is 2.88. The van der Waals surface area contributed by atoms with Gasteiger partial charge in [-0.25, -0.2) is 9.37 Å². The Kier molecular flexibility index (Phi) is 3.49. The van der Waals surface area contributed by atoms with E-state index >= 15 is 0 Å². The number of benzene rings is 1. The summed E-state index contributed by atoms with van der Waals surface area (Å²) in [5, 5.41) is 7.31. The molecule has 0 aliphatic rings. The Bertz CT molecular complexity index is 478. The van der Waals surface area contributed by atoms with E-state index in [9.17, 15) is 4.39 Å². The molecule has 0 spiro atoms. The average Bonchev–Trinajstić information content (AvgIpc) is 2.73. The van der Waals surface area contributed by atoms with Crippen molar-refractivity contribution in [1.82, 2.24) is 20.1 Å². The molecule has 0 amide bonds. The molecule has 1 N–H and O–H groups in total. The maximum atomic E-state index is 12.8. The average molecular weight is 234 g/mol. The van der Waals surface area contributed by atoms with Gasteiger partial charge in [0, 0.05) is 13.1 Å². The molecule has 0 saturated carbocycles. The molecule has 2 rings (SSSR count). The van der Waals surface area contributed by atoms with Crippen molar-refractivity contribution in [2.45, 2.75) is 19.5 Å². The lowest BCUT2D eigenvalue weighted by Crippen LogP contribution is -2.20. The molecule has 1 heterocycles. The Balaban J connectivity index is 1.95. The Morgan fingerprint density at radius 3 is 2.65 bits per heavy atom. The predicted molar refractivity (Wildman–Crippen MR) is 62.7 cm³/mol.